The van der Waals surface area contributed by atoms with Gasteiger partial charge in [0.1, 0.15) is 5.82 Å². The Labute approximate surface area is 84.3 Å². The van der Waals surface area contributed by atoms with E-state index in [0.717, 1.165) is 6.54 Å². The fraction of sp³-hybridized carbons (Fsp3) is 0.500. The van der Waals surface area contributed by atoms with E-state index in [0.29, 0.717) is 11.8 Å². The summed E-state index contributed by atoms with van der Waals surface area (Å²) in [7, 11) is 1.97. The SMILES string of the molecule is CNCC1CC1c1cc(F)ccc1C. The van der Waals surface area contributed by atoms with E-state index in [1.165, 1.54) is 23.6 Å². The van der Waals surface area contributed by atoms with E-state index in [9.17, 15) is 4.39 Å². The average molecular weight is 193 g/mol. The van der Waals surface area contributed by atoms with Crippen LogP contribution in [-0.4, -0.2) is 13.6 Å². The minimum absolute atomic E-state index is 0.110. The minimum Gasteiger partial charge on any atom is -0.319 e. The third-order valence-electron chi connectivity index (χ3n) is 3.03. The lowest BCUT2D eigenvalue weighted by atomic mass is 10.0. The Morgan fingerprint density at radius 2 is 2.29 bits per heavy atom. The zero-order valence-corrected chi connectivity index (χ0v) is 8.68. The molecule has 1 aliphatic carbocycles. The van der Waals surface area contributed by atoms with Crippen LogP contribution in [-0.2, 0) is 0 Å². The molecule has 14 heavy (non-hydrogen) atoms. The third kappa shape index (κ3) is 1.80. The fourth-order valence-corrected chi connectivity index (χ4v) is 2.13. The van der Waals surface area contributed by atoms with Gasteiger partial charge in [-0.15, -0.1) is 0 Å². The lowest BCUT2D eigenvalue weighted by Gasteiger charge is -2.05. The van der Waals surface area contributed by atoms with Crippen LogP contribution in [0.3, 0.4) is 0 Å². The van der Waals surface area contributed by atoms with Gasteiger partial charge >= 0.3 is 0 Å². The van der Waals surface area contributed by atoms with E-state index < -0.39 is 0 Å². The van der Waals surface area contributed by atoms with Gasteiger partial charge in [-0.2, -0.15) is 0 Å². The molecule has 2 unspecified atom stereocenters. The summed E-state index contributed by atoms with van der Waals surface area (Å²) in [6, 6.07) is 5.10. The van der Waals surface area contributed by atoms with Gasteiger partial charge in [0.2, 0.25) is 0 Å². The number of rotatable bonds is 3. The Balaban J connectivity index is 2.14. The van der Waals surface area contributed by atoms with E-state index in [-0.39, 0.29) is 5.82 Å². The molecule has 1 fully saturated rings. The summed E-state index contributed by atoms with van der Waals surface area (Å²) in [5.74, 6) is 1.18. The molecule has 1 aromatic rings. The minimum atomic E-state index is -0.110. The Morgan fingerprint density at radius 1 is 1.50 bits per heavy atom. The van der Waals surface area contributed by atoms with Crippen LogP contribution in [0.1, 0.15) is 23.5 Å². The molecule has 0 saturated heterocycles. The fourth-order valence-electron chi connectivity index (χ4n) is 2.13. The van der Waals surface area contributed by atoms with Gasteiger partial charge in [-0.1, -0.05) is 6.07 Å². The average Bonchev–Trinajstić information content (AvgIpc) is 2.89. The normalized spacial score (nSPS) is 25.1. The second kappa shape index (κ2) is 3.70. The molecule has 2 heteroatoms. The number of halogens is 1. The van der Waals surface area contributed by atoms with Crippen molar-refractivity contribution in [3.63, 3.8) is 0 Å². The molecule has 0 heterocycles. The molecular formula is C12H16FN. The molecule has 2 atom stereocenters. The first-order valence-electron chi connectivity index (χ1n) is 5.13. The van der Waals surface area contributed by atoms with E-state index in [1.54, 1.807) is 6.07 Å². The molecule has 0 aromatic heterocycles. The highest BCUT2D eigenvalue weighted by molar-refractivity contribution is 5.34. The van der Waals surface area contributed by atoms with E-state index >= 15 is 0 Å². The predicted octanol–water partition coefficient (Wildman–Crippen LogP) is 2.46. The smallest absolute Gasteiger partial charge is 0.123 e. The highest BCUT2D eigenvalue weighted by Gasteiger charge is 2.38. The number of benzene rings is 1. The van der Waals surface area contributed by atoms with Crippen molar-refractivity contribution >= 4 is 0 Å². The van der Waals surface area contributed by atoms with Gasteiger partial charge in [-0.3, -0.25) is 0 Å². The Bertz CT molecular complexity index is 335. The number of aryl methyl sites for hydroxylation is 1. The monoisotopic (exact) mass is 193 g/mol. The lowest BCUT2D eigenvalue weighted by molar-refractivity contribution is 0.623. The van der Waals surface area contributed by atoms with Gasteiger partial charge in [0.25, 0.3) is 0 Å². The molecule has 1 nitrogen and oxygen atoms in total. The molecule has 1 aliphatic rings. The largest absolute Gasteiger partial charge is 0.319 e. The van der Waals surface area contributed by atoms with Crippen LogP contribution in [0, 0.1) is 18.7 Å². The summed E-state index contributed by atoms with van der Waals surface area (Å²) in [6.07, 6.45) is 1.20. The molecule has 1 aromatic carbocycles. The summed E-state index contributed by atoms with van der Waals surface area (Å²) >= 11 is 0. The topological polar surface area (TPSA) is 12.0 Å². The predicted molar refractivity (Wildman–Crippen MR) is 55.9 cm³/mol. The van der Waals surface area contributed by atoms with E-state index in [4.69, 9.17) is 0 Å². The molecular weight excluding hydrogens is 177 g/mol. The second-order valence-corrected chi connectivity index (χ2v) is 4.16. The van der Waals surface area contributed by atoms with Crippen molar-refractivity contribution in [1.82, 2.24) is 5.32 Å². The van der Waals surface area contributed by atoms with Gasteiger partial charge in [0.15, 0.2) is 0 Å². The molecule has 0 amide bonds. The standard InChI is InChI=1S/C12H16FN/c1-8-3-4-10(13)6-11(8)12-5-9(12)7-14-2/h3-4,6,9,12,14H,5,7H2,1-2H3. The summed E-state index contributed by atoms with van der Waals surface area (Å²) in [6.45, 7) is 3.10. The molecule has 2 rings (SSSR count). The maximum Gasteiger partial charge on any atom is 0.123 e. The molecule has 0 radical (unpaired) electrons. The van der Waals surface area contributed by atoms with E-state index in [2.05, 4.69) is 12.2 Å². The van der Waals surface area contributed by atoms with Crippen molar-refractivity contribution in [2.24, 2.45) is 5.92 Å². The summed E-state index contributed by atoms with van der Waals surface area (Å²) in [5.41, 5.74) is 2.42. The number of hydrogen-bond donors (Lipinski definition) is 1. The van der Waals surface area contributed by atoms with Crippen molar-refractivity contribution in [2.75, 3.05) is 13.6 Å². The quantitative estimate of drug-likeness (QED) is 0.777. The Hall–Kier alpha value is -0.890. The molecule has 1 saturated carbocycles. The maximum absolute atomic E-state index is 13.0. The van der Waals surface area contributed by atoms with Gasteiger partial charge in [-0.25, -0.2) is 4.39 Å². The second-order valence-electron chi connectivity index (χ2n) is 4.16. The highest BCUT2D eigenvalue weighted by atomic mass is 19.1. The number of nitrogens with one attached hydrogen (secondary N) is 1. The molecule has 0 spiro atoms. The summed E-state index contributed by atoms with van der Waals surface area (Å²) in [5, 5.41) is 3.17. The van der Waals surface area contributed by atoms with E-state index in [1.807, 2.05) is 13.1 Å². The first-order valence-corrected chi connectivity index (χ1v) is 5.13. The summed E-state index contributed by atoms with van der Waals surface area (Å²) < 4.78 is 13.0. The van der Waals surface area contributed by atoms with Crippen LogP contribution >= 0.6 is 0 Å². The molecule has 0 aliphatic heterocycles. The van der Waals surface area contributed by atoms with Gasteiger partial charge in [0.05, 0.1) is 0 Å². The van der Waals surface area contributed by atoms with Crippen LogP contribution in [0.25, 0.3) is 0 Å². The van der Waals surface area contributed by atoms with Crippen LogP contribution in [0.5, 0.6) is 0 Å². The van der Waals surface area contributed by atoms with Crippen LogP contribution in [0.2, 0.25) is 0 Å². The molecule has 0 bridgehead atoms. The molecule has 76 valence electrons. The zero-order valence-electron chi connectivity index (χ0n) is 8.68. The first kappa shape index (κ1) is 9.66. The lowest BCUT2D eigenvalue weighted by Crippen LogP contribution is -2.10. The van der Waals surface area contributed by atoms with Gasteiger partial charge in [0, 0.05) is 0 Å². The van der Waals surface area contributed by atoms with Crippen LogP contribution in [0.4, 0.5) is 4.39 Å². The van der Waals surface area contributed by atoms with Gasteiger partial charge < -0.3 is 5.32 Å². The number of hydrogen-bond acceptors (Lipinski definition) is 1. The van der Waals surface area contributed by atoms with Crippen molar-refractivity contribution in [3.8, 4) is 0 Å². The van der Waals surface area contributed by atoms with Crippen LogP contribution in [0.15, 0.2) is 18.2 Å². The molecule has 1 N–H and O–H groups in total. The Morgan fingerprint density at radius 3 is 3.00 bits per heavy atom. The van der Waals surface area contributed by atoms with Crippen molar-refractivity contribution in [1.29, 1.82) is 0 Å². The van der Waals surface area contributed by atoms with Crippen molar-refractivity contribution in [2.45, 2.75) is 19.3 Å². The maximum atomic E-state index is 13.0. The Kier molecular flexibility index (Phi) is 2.55. The first-order chi connectivity index (χ1) is 6.72. The third-order valence-corrected chi connectivity index (χ3v) is 3.03. The van der Waals surface area contributed by atoms with Crippen molar-refractivity contribution in [3.05, 3.63) is 35.1 Å². The summed E-state index contributed by atoms with van der Waals surface area (Å²) in [4.78, 5) is 0. The highest BCUT2D eigenvalue weighted by Crippen LogP contribution is 2.48. The van der Waals surface area contributed by atoms with Crippen LogP contribution < -0.4 is 5.32 Å². The van der Waals surface area contributed by atoms with Gasteiger partial charge in [-0.05, 0) is 62.0 Å². The zero-order chi connectivity index (χ0) is 10.1. The van der Waals surface area contributed by atoms with Crippen molar-refractivity contribution < 1.29 is 4.39 Å².